The number of nitro benzene ring substituents is 1. The first-order valence-electron chi connectivity index (χ1n) is 5.59. The van der Waals surface area contributed by atoms with Gasteiger partial charge in [0.1, 0.15) is 0 Å². The van der Waals surface area contributed by atoms with E-state index < -0.39 is 0 Å². The van der Waals surface area contributed by atoms with E-state index in [0.29, 0.717) is 6.54 Å². The fourth-order valence-electron chi connectivity index (χ4n) is 2.37. The molecule has 1 fully saturated rings. The van der Waals surface area contributed by atoms with Crippen LogP contribution in [0.25, 0.3) is 0 Å². The van der Waals surface area contributed by atoms with Crippen molar-refractivity contribution in [1.82, 2.24) is 0 Å². The highest BCUT2D eigenvalue weighted by Gasteiger charge is 2.37. The Kier molecular flexibility index (Phi) is 2.92. The minimum atomic E-state index is -0.307. The fraction of sp³-hybridized carbons (Fsp3) is 0.500. The highest BCUT2D eigenvalue weighted by atomic mass is 16.6. The molecule has 0 aromatic heterocycles. The number of hydrogen-bond acceptors (Lipinski definition) is 3. The van der Waals surface area contributed by atoms with Crippen LogP contribution in [0.15, 0.2) is 24.3 Å². The Morgan fingerprint density at radius 1 is 1.38 bits per heavy atom. The molecular weight excluding hydrogens is 204 g/mol. The zero-order valence-electron chi connectivity index (χ0n) is 9.19. The molecule has 1 saturated carbocycles. The molecule has 0 radical (unpaired) electrons. The van der Waals surface area contributed by atoms with E-state index in [1.807, 2.05) is 12.1 Å². The summed E-state index contributed by atoms with van der Waals surface area (Å²) in [7, 11) is 0. The van der Waals surface area contributed by atoms with Crippen LogP contribution < -0.4 is 5.73 Å². The topological polar surface area (TPSA) is 69.2 Å². The summed E-state index contributed by atoms with van der Waals surface area (Å²) in [5.74, 6) is 0. The SMILES string of the molecule is NCC1(Cc2ccccc2[N+](=O)[O-])CCC1. The normalized spacial score (nSPS) is 17.8. The van der Waals surface area contributed by atoms with Gasteiger partial charge in [-0.15, -0.1) is 0 Å². The van der Waals surface area contributed by atoms with Gasteiger partial charge in [0.25, 0.3) is 5.69 Å². The molecular formula is C12H16N2O2. The molecule has 86 valence electrons. The summed E-state index contributed by atoms with van der Waals surface area (Å²) in [6.07, 6.45) is 4.11. The number of nitrogens with zero attached hydrogens (tertiary/aromatic N) is 1. The van der Waals surface area contributed by atoms with E-state index in [-0.39, 0.29) is 16.0 Å². The van der Waals surface area contributed by atoms with Crippen LogP contribution in [0.5, 0.6) is 0 Å². The third-order valence-electron chi connectivity index (χ3n) is 3.60. The van der Waals surface area contributed by atoms with Gasteiger partial charge in [-0.3, -0.25) is 10.1 Å². The molecule has 0 spiro atoms. The molecule has 0 saturated heterocycles. The van der Waals surface area contributed by atoms with Crippen LogP contribution in [-0.4, -0.2) is 11.5 Å². The molecule has 0 atom stereocenters. The Bertz CT molecular complexity index is 394. The maximum atomic E-state index is 10.9. The zero-order chi connectivity index (χ0) is 11.6. The van der Waals surface area contributed by atoms with Gasteiger partial charge in [-0.2, -0.15) is 0 Å². The highest BCUT2D eigenvalue weighted by Crippen LogP contribution is 2.43. The van der Waals surface area contributed by atoms with Crippen molar-refractivity contribution in [3.05, 3.63) is 39.9 Å². The first kappa shape index (κ1) is 11.1. The van der Waals surface area contributed by atoms with Crippen molar-refractivity contribution in [3.63, 3.8) is 0 Å². The summed E-state index contributed by atoms with van der Waals surface area (Å²) >= 11 is 0. The molecule has 0 aliphatic heterocycles. The van der Waals surface area contributed by atoms with Crippen LogP contribution >= 0.6 is 0 Å². The summed E-state index contributed by atoms with van der Waals surface area (Å²) in [5, 5.41) is 10.9. The Morgan fingerprint density at radius 2 is 2.06 bits per heavy atom. The molecule has 1 aliphatic carbocycles. The van der Waals surface area contributed by atoms with Crippen molar-refractivity contribution in [3.8, 4) is 0 Å². The lowest BCUT2D eigenvalue weighted by molar-refractivity contribution is -0.385. The second-order valence-electron chi connectivity index (χ2n) is 4.62. The summed E-state index contributed by atoms with van der Waals surface area (Å²) < 4.78 is 0. The lowest BCUT2D eigenvalue weighted by Crippen LogP contribution is -2.39. The fourth-order valence-corrected chi connectivity index (χ4v) is 2.37. The number of rotatable bonds is 4. The van der Waals surface area contributed by atoms with Crippen molar-refractivity contribution in [2.24, 2.45) is 11.1 Å². The van der Waals surface area contributed by atoms with Gasteiger partial charge in [0.15, 0.2) is 0 Å². The van der Waals surface area contributed by atoms with Crippen molar-refractivity contribution < 1.29 is 4.92 Å². The molecule has 0 bridgehead atoms. The van der Waals surface area contributed by atoms with Gasteiger partial charge in [-0.25, -0.2) is 0 Å². The molecule has 0 unspecified atom stereocenters. The lowest BCUT2D eigenvalue weighted by Gasteiger charge is -2.41. The molecule has 1 aliphatic rings. The van der Waals surface area contributed by atoms with Gasteiger partial charge in [0, 0.05) is 11.6 Å². The number of nitrogens with two attached hydrogens (primary N) is 1. The van der Waals surface area contributed by atoms with Gasteiger partial charge in [0.2, 0.25) is 0 Å². The van der Waals surface area contributed by atoms with Crippen LogP contribution in [0.4, 0.5) is 5.69 Å². The lowest BCUT2D eigenvalue weighted by atomic mass is 9.65. The molecule has 16 heavy (non-hydrogen) atoms. The first-order valence-corrected chi connectivity index (χ1v) is 5.59. The quantitative estimate of drug-likeness (QED) is 0.625. The van der Waals surface area contributed by atoms with Crippen LogP contribution in [0.1, 0.15) is 24.8 Å². The molecule has 1 aromatic rings. The maximum absolute atomic E-state index is 10.9. The molecule has 0 amide bonds. The third kappa shape index (κ3) is 1.93. The third-order valence-corrected chi connectivity index (χ3v) is 3.60. The van der Waals surface area contributed by atoms with Gasteiger partial charge >= 0.3 is 0 Å². The largest absolute Gasteiger partial charge is 0.330 e. The van der Waals surface area contributed by atoms with Crippen molar-refractivity contribution >= 4 is 5.69 Å². The van der Waals surface area contributed by atoms with Crippen molar-refractivity contribution in [2.45, 2.75) is 25.7 Å². The Morgan fingerprint density at radius 3 is 2.56 bits per heavy atom. The second kappa shape index (κ2) is 4.22. The minimum Gasteiger partial charge on any atom is -0.330 e. The summed E-state index contributed by atoms with van der Waals surface area (Å²) in [6, 6.07) is 6.97. The molecule has 2 rings (SSSR count). The number of hydrogen-bond donors (Lipinski definition) is 1. The van der Waals surface area contributed by atoms with E-state index >= 15 is 0 Å². The molecule has 4 nitrogen and oxygen atoms in total. The summed E-state index contributed by atoms with van der Waals surface area (Å²) in [6.45, 7) is 0.624. The summed E-state index contributed by atoms with van der Waals surface area (Å²) in [4.78, 5) is 10.6. The van der Waals surface area contributed by atoms with E-state index in [1.54, 1.807) is 12.1 Å². The number of nitro groups is 1. The van der Waals surface area contributed by atoms with E-state index in [9.17, 15) is 10.1 Å². The van der Waals surface area contributed by atoms with Gasteiger partial charge < -0.3 is 5.73 Å². The predicted molar refractivity (Wildman–Crippen MR) is 62.1 cm³/mol. The monoisotopic (exact) mass is 220 g/mol. The second-order valence-corrected chi connectivity index (χ2v) is 4.62. The number of benzene rings is 1. The predicted octanol–water partition coefficient (Wildman–Crippen LogP) is 2.27. The Hall–Kier alpha value is -1.42. The average molecular weight is 220 g/mol. The van der Waals surface area contributed by atoms with Crippen LogP contribution in [-0.2, 0) is 6.42 Å². The Balaban J connectivity index is 2.23. The zero-order valence-corrected chi connectivity index (χ0v) is 9.19. The molecule has 0 heterocycles. The smallest absolute Gasteiger partial charge is 0.272 e. The molecule has 2 N–H and O–H groups in total. The molecule has 1 aromatic carbocycles. The van der Waals surface area contributed by atoms with Gasteiger partial charge in [-0.1, -0.05) is 24.6 Å². The van der Waals surface area contributed by atoms with Crippen molar-refractivity contribution in [1.29, 1.82) is 0 Å². The maximum Gasteiger partial charge on any atom is 0.272 e. The van der Waals surface area contributed by atoms with Crippen LogP contribution in [0.2, 0.25) is 0 Å². The van der Waals surface area contributed by atoms with Gasteiger partial charge in [-0.05, 0) is 31.2 Å². The average Bonchev–Trinajstić information content (AvgIpc) is 2.24. The minimum absolute atomic E-state index is 0.117. The van der Waals surface area contributed by atoms with Gasteiger partial charge in [0.05, 0.1) is 4.92 Å². The van der Waals surface area contributed by atoms with E-state index in [2.05, 4.69) is 0 Å². The standard InChI is InChI=1S/C12H16N2O2/c13-9-12(6-3-7-12)8-10-4-1-2-5-11(10)14(15)16/h1-2,4-5H,3,6-9,13H2. The number of para-hydroxylation sites is 1. The summed E-state index contributed by atoms with van der Waals surface area (Å²) in [5.41, 5.74) is 6.93. The first-order chi connectivity index (χ1) is 7.67. The van der Waals surface area contributed by atoms with E-state index in [4.69, 9.17) is 5.73 Å². The van der Waals surface area contributed by atoms with E-state index in [1.165, 1.54) is 6.42 Å². The molecule has 4 heteroatoms. The van der Waals surface area contributed by atoms with Crippen molar-refractivity contribution in [2.75, 3.05) is 6.54 Å². The highest BCUT2D eigenvalue weighted by molar-refractivity contribution is 5.40. The van der Waals surface area contributed by atoms with Crippen LogP contribution in [0.3, 0.4) is 0 Å². The van der Waals surface area contributed by atoms with E-state index in [0.717, 1.165) is 24.8 Å². The van der Waals surface area contributed by atoms with Crippen LogP contribution in [0, 0.1) is 15.5 Å². The Labute approximate surface area is 94.6 Å².